The molecule has 2 unspecified atom stereocenters. The molecule has 0 spiro atoms. The number of carbonyl (C=O) groups is 1. The maximum Gasteiger partial charge on any atom is 0.264 e. The van der Waals surface area contributed by atoms with Gasteiger partial charge in [0.15, 0.2) is 0 Å². The first-order chi connectivity index (χ1) is 11.0. The zero-order valence-corrected chi connectivity index (χ0v) is 16.0. The number of hydrogen-bond acceptors (Lipinski definition) is 4. The number of amides is 1. The molecule has 132 valence electrons. The van der Waals surface area contributed by atoms with Crippen molar-refractivity contribution < 1.29 is 9.53 Å². The van der Waals surface area contributed by atoms with Crippen LogP contribution in [0.4, 0.5) is 0 Å². The minimum absolute atomic E-state index is 0. The van der Waals surface area contributed by atoms with Gasteiger partial charge in [0.2, 0.25) is 0 Å². The van der Waals surface area contributed by atoms with Gasteiger partial charge in [-0.25, -0.2) is 0 Å². The zero-order chi connectivity index (χ0) is 16.6. The minimum Gasteiger partial charge on any atom is -0.497 e. The Morgan fingerprint density at radius 1 is 1.46 bits per heavy atom. The zero-order valence-electron chi connectivity index (χ0n) is 14.4. The van der Waals surface area contributed by atoms with Crippen LogP contribution in [0.1, 0.15) is 35.0 Å². The van der Waals surface area contributed by atoms with Crippen LogP contribution in [-0.4, -0.2) is 37.0 Å². The van der Waals surface area contributed by atoms with E-state index in [-0.39, 0.29) is 24.4 Å². The average Bonchev–Trinajstić information content (AvgIpc) is 2.90. The molecule has 1 saturated heterocycles. The van der Waals surface area contributed by atoms with Gasteiger partial charge in [-0.1, -0.05) is 0 Å². The largest absolute Gasteiger partial charge is 0.497 e. The highest BCUT2D eigenvalue weighted by molar-refractivity contribution is 7.21. The van der Waals surface area contributed by atoms with Crippen molar-refractivity contribution in [3.8, 4) is 5.75 Å². The molecule has 1 fully saturated rings. The lowest BCUT2D eigenvalue weighted by Crippen LogP contribution is -2.45. The normalized spacial score (nSPS) is 19.0. The quantitative estimate of drug-likeness (QED) is 0.895. The molecule has 1 aliphatic rings. The molecular formula is C18H25ClN2O2S. The molecule has 3 rings (SSSR count). The van der Waals surface area contributed by atoms with Crippen molar-refractivity contribution in [2.75, 3.05) is 20.2 Å². The highest BCUT2D eigenvalue weighted by Crippen LogP contribution is 2.34. The van der Waals surface area contributed by atoms with Gasteiger partial charge in [0.25, 0.3) is 5.91 Å². The summed E-state index contributed by atoms with van der Waals surface area (Å²) in [6, 6.07) is 6.13. The molecule has 0 aliphatic carbocycles. The number of nitrogens with two attached hydrogens (primary N) is 1. The summed E-state index contributed by atoms with van der Waals surface area (Å²) < 4.78 is 6.43. The fraction of sp³-hybridized carbons (Fsp3) is 0.500. The Kier molecular flexibility index (Phi) is 6.12. The lowest BCUT2D eigenvalue weighted by Gasteiger charge is -2.34. The van der Waals surface area contributed by atoms with Crippen molar-refractivity contribution in [3.05, 3.63) is 28.6 Å². The van der Waals surface area contributed by atoms with E-state index in [9.17, 15) is 4.79 Å². The molecule has 2 N–H and O–H groups in total. The Balaban J connectivity index is 0.00000208. The van der Waals surface area contributed by atoms with Crippen molar-refractivity contribution in [2.24, 2.45) is 11.7 Å². The number of piperidine rings is 1. The molecule has 0 saturated carbocycles. The fourth-order valence-corrected chi connectivity index (χ4v) is 4.46. The molecule has 1 aromatic heterocycles. The van der Waals surface area contributed by atoms with Crippen molar-refractivity contribution in [1.82, 2.24) is 4.90 Å². The number of ether oxygens (including phenoxy) is 1. The maximum atomic E-state index is 13.0. The monoisotopic (exact) mass is 368 g/mol. The lowest BCUT2D eigenvalue weighted by atomic mass is 9.92. The van der Waals surface area contributed by atoms with E-state index in [4.69, 9.17) is 10.5 Å². The smallest absolute Gasteiger partial charge is 0.264 e. The first-order valence-corrected chi connectivity index (χ1v) is 8.95. The van der Waals surface area contributed by atoms with Gasteiger partial charge >= 0.3 is 0 Å². The lowest BCUT2D eigenvalue weighted by molar-refractivity contribution is 0.0665. The van der Waals surface area contributed by atoms with Gasteiger partial charge in [0, 0.05) is 23.8 Å². The van der Waals surface area contributed by atoms with Gasteiger partial charge in [-0.3, -0.25) is 4.79 Å². The predicted octanol–water partition coefficient (Wildman–Crippen LogP) is 3.84. The fourth-order valence-electron chi connectivity index (χ4n) is 3.30. The van der Waals surface area contributed by atoms with Crippen LogP contribution in [0.25, 0.3) is 10.1 Å². The Labute approximate surface area is 153 Å². The maximum absolute atomic E-state index is 13.0. The summed E-state index contributed by atoms with van der Waals surface area (Å²) in [6.45, 7) is 5.67. The number of likely N-dealkylation sites (tertiary alicyclic amines) is 1. The van der Waals surface area contributed by atoms with E-state index in [1.165, 1.54) is 0 Å². The van der Waals surface area contributed by atoms with Gasteiger partial charge < -0.3 is 15.4 Å². The topological polar surface area (TPSA) is 55.6 Å². The third kappa shape index (κ3) is 3.53. The van der Waals surface area contributed by atoms with Crippen LogP contribution in [0.3, 0.4) is 0 Å². The van der Waals surface area contributed by atoms with E-state index < -0.39 is 0 Å². The highest BCUT2D eigenvalue weighted by atomic mass is 35.5. The van der Waals surface area contributed by atoms with Crippen molar-refractivity contribution in [3.63, 3.8) is 0 Å². The van der Waals surface area contributed by atoms with E-state index in [1.54, 1.807) is 18.4 Å². The molecule has 1 aliphatic heterocycles. The van der Waals surface area contributed by atoms with E-state index in [0.717, 1.165) is 52.2 Å². The summed E-state index contributed by atoms with van der Waals surface area (Å²) >= 11 is 1.58. The molecule has 2 aromatic rings. The van der Waals surface area contributed by atoms with Crippen LogP contribution in [-0.2, 0) is 0 Å². The summed E-state index contributed by atoms with van der Waals surface area (Å²) in [6.07, 6.45) is 2.15. The van der Waals surface area contributed by atoms with Crippen molar-refractivity contribution in [2.45, 2.75) is 32.7 Å². The van der Waals surface area contributed by atoms with Crippen LogP contribution < -0.4 is 10.5 Å². The van der Waals surface area contributed by atoms with Gasteiger partial charge in [0.05, 0.1) is 12.0 Å². The minimum atomic E-state index is 0. The molecule has 0 bridgehead atoms. The van der Waals surface area contributed by atoms with E-state index in [2.05, 4.69) is 0 Å². The van der Waals surface area contributed by atoms with Crippen LogP contribution in [0.2, 0.25) is 0 Å². The summed E-state index contributed by atoms with van der Waals surface area (Å²) in [5, 5.41) is 1.11. The van der Waals surface area contributed by atoms with Gasteiger partial charge in [0.1, 0.15) is 5.75 Å². The molecule has 1 aromatic carbocycles. The summed E-state index contributed by atoms with van der Waals surface area (Å²) in [5.74, 6) is 1.38. The second kappa shape index (κ2) is 7.72. The number of fused-ring (bicyclic) bond motifs is 1. The molecule has 4 nitrogen and oxygen atoms in total. The highest BCUT2D eigenvalue weighted by Gasteiger charge is 2.28. The van der Waals surface area contributed by atoms with Gasteiger partial charge in [-0.05, 0) is 61.8 Å². The first kappa shape index (κ1) is 19.0. The number of nitrogens with zero attached hydrogens (tertiary/aromatic N) is 1. The SMILES string of the molecule is COc1ccc2sc(C(=O)N3CCCC(C(C)N)C3)c(C)c2c1.Cl. The number of thiophene rings is 1. The van der Waals surface area contributed by atoms with Gasteiger partial charge in [-0.2, -0.15) is 0 Å². The third-order valence-corrected chi connectivity index (χ3v) is 6.09. The molecule has 2 heterocycles. The van der Waals surface area contributed by atoms with Crippen LogP contribution in [0.15, 0.2) is 18.2 Å². The van der Waals surface area contributed by atoms with E-state index in [0.29, 0.717) is 5.92 Å². The standard InChI is InChI=1S/C18H24N2O2S.ClH/c1-11-15-9-14(22-3)6-7-16(15)23-17(11)18(21)20-8-4-5-13(10-20)12(2)19;/h6-7,9,12-13H,4-5,8,10,19H2,1-3H3;1H. The number of rotatable bonds is 3. The number of halogens is 1. The molecule has 6 heteroatoms. The van der Waals surface area contributed by atoms with Crippen LogP contribution in [0.5, 0.6) is 5.75 Å². The Morgan fingerprint density at radius 3 is 2.88 bits per heavy atom. The first-order valence-electron chi connectivity index (χ1n) is 8.13. The third-order valence-electron chi connectivity index (χ3n) is 4.83. The Hall–Kier alpha value is -1.30. The number of carbonyl (C=O) groups excluding carboxylic acids is 1. The summed E-state index contributed by atoms with van der Waals surface area (Å²) in [4.78, 5) is 15.8. The molecular weight excluding hydrogens is 344 g/mol. The molecule has 1 amide bonds. The molecule has 2 atom stereocenters. The predicted molar refractivity (Wildman–Crippen MR) is 103 cm³/mol. The number of benzene rings is 1. The summed E-state index contributed by atoms with van der Waals surface area (Å²) in [7, 11) is 1.66. The number of aryl methyl sites for hydroxylation is 1. The molecule has 24 heavy (non-hydrogen) atoms. The molecule has 0 radical (unpaired) electrons. The van der Waals surface area contributed by atoms with Crippen molar-refractivity contribution >= 4 is 39.7 Å². The van der Waals surface area contributed by atoms with E-state index in [1.807, 2.05) is 36.9 Å². The van der Waals surface area contributed by atoms with E-state index >= 15 is 0 Å². The average molecular weight is 369 g/mol. The second-order valence-corrected chi connectivity index (χ2v) is 7.48. The van der Waals surface area contributed by atoms with Crippen molar-refractivity contribution in [1.29, 1.82) is 0 Å². The second-order valence-electron chi connectivity index (χ2n) is 6.43. The Morgan fingerprint density at radius 2 is 2.21 bits per heavy atom. The number of hydrogen-bond donors (Lipinski definition) is 1. The van der Waals surface area contributed by atoms with Gasteiger partial charge in [-0.15, -0.1) is 23.7 Å². The Bertz CT molecular complexity index is 729. The van der Waals surface area contributed by atoms with Crippen LogP contribution >= 0.6 is 23.7 Å². The summed E-state index contributed by atoms with van der Waals surface area (Å²) in [5.41, 5.74) is 7.09. The van der Waals surface area contributed by atoms with Crippen LogP contribution in [0, 0.1) is 12.8 Å². The number of methoxy groups -OCH3 is 1.